The van der Waals surface area contributed by atoms with E-state index in [1.54, 1.807) is 0 Å². The van der Waals surface area contributed by atoms with Crippen molar-refractivity contribution in [1.29, 1.82) is 0 Å². The first-order valence-electron chi connectivity index (χ1n) is 9.12. The average molecular weight is 374 g/mol. The number of nitrogens with one attached hydrogen (secondary N) is 1. The van der Waals surface area contributed by atoms with Crippen LogP contribution >= 0.6 is 11.6 Å². The molecule has 1 fully saturated rings. The molecule has 1 aromatic heterocycles. The number of guanidine groups is 1. The fourth-order valence-corrected chi connectivity index (χ4v) is 3.95. The van der Waals surface area contributed by atoms with Crippen LogP contribution in [0.15, 0.2) is 29.3 Å². The summed E-state index contributed by atoms with van der Waals surface area (Å²) in [7, 11) is 1.83. The van der Waals surface area contributed by atoms with Gasteiger partial charge in [-0.05, 0) is 18.6 Å². The second-order valence-corrected chi connectivity index (χ2v) is 7.02. The first kappa shape index (κ1) is 17.1. The first-order chi connectivity index (χ1) is 12.8. The Morgan fingerprint density at radius 2 is 1.96 bits per heavy atom. The molecule has 0 bridgehead atoms. The number of anilines is 1. The molecule has 3 heterocycles. The maximum atomic E-state index is 6.33. The van der Waals surface area contributed by atoms with Crippen molar-refractivity contribution in [1.82, 2.24) is 25.0 Å². The summed E-state index contributed by atoms with van der Waals surface area (Å²) < 4.78 is 2.22. The van der Waals surface area contributed by atoms with Crippen LogP contribution in [-0.2, 0) is 19.5 Å². The lowest BCUT2D eigenvalue weighted by Gasteiger charge is -2.38. The Morgan fingerprint density at radius 3 is 2.73 bits per heavy atom. The molecule has 4 rings (SSSR count). The zero-order chi connectivity index (χ0) is 17.9. The van der Waals surface area contributed by atoms with Crippen LogP contribution in [0.1, 0.15) is 18.1 Å². The van der Waals surface area contributed by atoms with E-state index in [1.807, 2.05) is 25.2 Å². The molecular weight excluding hydrogens is 350 g/mol. The number of piperazine rings is 1. The molecule has 26 heavy (non-hydrogen) atoms. The van der Waals surface area contributed by atoms with E-state index in [9.17, 15) is 0 Å². The van der Waals surface area contributed by atoms with Gasteiger partial charge in [0.15, 0.2) is 11.8 Å². The Bertz CT molecular complexity index is 793. The summed E-state index contributed by atoms with van der Waals surface area (Å²) >= 11 is 6.33. The van der Waals surface area contributed by atoms with Gasteiger partial charge in [0.2, 0.25) is 0 Å². The van der Waals surface area contributed by atoms with E-state index in [0.29, 0.717) is 6.54 Å². The minimum Gasteiger partial charge on any atom is -0.367 e. The van der Waals surface area contributed by atoms with E-state index in [0.717, 1.165) is 73.9 Å². The molecule has 138 valence electrons. The fourth-order valence-electron chi connectivity index (χ4n) is 3.70. The van der Waals surface area contributed by atoms with Gasteiger partial charge in [0.1, 0.15) is 5.82 Å². The number of aromatic nitrogens is 3. The highest BCUT2D eigenvalue weighted by molar-refractivity contribution is 6.33. The number of hydrogen-bond donors (Lipinski definition) is 1. The van der Waals surface area contributed by atoms with Crippen molar-refractivity contribution in [2.24, 2.45) is 4.99 Å². The van der Waals surface area contributed by atoms with Crippen LogP contribution < -0.4 is 10.2 Å². The maximum absolute atomic E-state index is 6.33. The maximum Gasteiger partial charge on any atom is 0.194 e. The van der Waals surface area contributed by atoms with Gasteiger partial charge in [-0.2, -0.15) is 0 Å². The Morgan fingerprint density at radius 1 is 1.15 bits per heavy atom. The van der Waals surface area contributed by atoms with E-state index in [1.165, 1.54) is 0 Å². The van der Waals surface area contributed by atoms with Gasteiger partial charge in [0.25, 0.3) is 0 Å². The highest BCUT2D eigenvalue weighted by Gasteiger charge is 2.22. The van der Waals surface area contributed by atoms with Crippen molar-refractivity contribution in [3.63, 3.8) is 0 Å². The molecule has 0 amide bonds. The highest BCUT2D eigenvalue weighted by Crippen LogP contribution is 2.26. The largest absolute Gasteiger partial charge is 0.367 e. The van der Waals surface area contributed by atoms with E-state index in [4.69, 9.17) is 11.6 Å². The van der Waals surface area contributed by atoms with Crippen molar-refractivity contribution >= 4 is 23.2 Å². The normalized spacial score (nSPS) is 17.5. The van der Waals surface area contributed by atoms with Gasteiger partial charge >= 0.3 is 0 Å². The van der Waals surface area contributed by atoms with Gasteiger partial charge in [0.05, 0.1) is 17.3 Å². The third-order valence-electron chi connectivity index (χ3n) is 5.07. The minimum absolute atomic E-state index is 0.657. The third kappa shape index (κ3) is 3.35. The molecule has 1 saturated heterocycles. The van der Waals surface area contributed by atoms with Crippen LogP contribution in [0, 0.1) is 0 Å². The van der Waals surface area contributed by atoms with Gasteiger partial charge in [-0.1, -0.05) is 23.7 Å². The summed E-state index contributed by atoms with van der Waals surface area (Å²) in [6, 6.07) is 8.03. The fraction of sp³-hybridized carbons (Fsp3) is 0.500. The van der Waals surface area contributed by atoms with Crippen molar-refractivity contribution in [3.05, 3.63) is 40.9 Å². The minimum atomic E-state index is 0.657. The number of halogens is 1. The molecule has 1 N–H and O–H groups in total. The number of fused-ring (bicyclic) bond motifs is 1. The van der Waals surface area contributed by atoms with Crippen LogP contribution in [0.4, 0.5) is 5.69 Å². The molecule has 0 saturated carbocycles. The van der Waals surface area contributed by atoms with Crippen molar-refractivity contribution in [2.45, 2.75) is 25.9 Å². The van der Waals surface area contributed by atoms with E-state index in [2.05, 4.69) is 40.9 Å². The zero-order valence-electron chi connectivity index (χ0n) is 15.0. The topological polar surface area (TPSA) is 61.6 Å². The second-order valence-electron chi connectivity index (χ2n) is 6.61. The molecule has 7 nitrogen and oxygen atoms in total. The van der Waals surface area contributed by atoms with Crippen molar-refractivity contribution in [2.75, 3.05) is 38.1 Å². The third-order valence-corrected chi connectivity index (χ3v) is 5.39. The number of hydrogen-bond acceptors (Lipinski definition) is 4. The Labute approximate surface area is 158 Å². The van der Waals surface area contributed by atoms with Crippen LogP contribution in [0.2, 0.25) is 5.02 Å². The van der Waals surface area contributed by atoms with Gasteiger partial charge in [0, 0.05) is 46.2 Å². The lowest BCUT2D eigenvalue weighted by Crippen LogP contribution is -2.52. The standard InChI is InChI=1S/C18H24ClN7/c1-20-18(21-13-17-23-22-16-7-4-8-26(16)17)25-11-9-24(10-12-25)15-6-3-2-5-14(15)19/h2-3,5-6H,4,7-13H2,1H3,(H,20,21). The molecule has 8 heteroatoms. The molecule has 0 atom stereocenters. The van der Waals surface area contributed by atoms with E-state index < -0.39 is 0 Å². The average Bonchev–Trinajstić information content (AvgIpc) is 3.28. The van der Waals surface area contributed by atoms with E-state index >= 15 is 0 Å². The predicted molar refractivity (Wildman–Crippen MR) is 104 cm³/mol. The monoisotopic (exact) mass is 373 g/mol. The summed E-state index contributed by atoms with van der Waals surface area (Å²) in [5, 5.41) is 12.8. The molecule has 2 aromatic rings. The number of para-hydroxylation sites is 1. The number of benzene rings is 1. The molecular formula is C18H24ClN7. The molecule has 0 aliphatic carbocycles. The van der Waals surface area contributed by atoms with Crippen LogP contribution in [0.3, 0.4) is 0 Å². The highest BCUT2D eigenvalue weighted by atomic mass is 35.5. The number of rotatable bonds is 3. The lowest BCUT2D eigenvalue weighted by atomic mass is 10.2. The number of aryl methyl sites for hydroxylation is 1. The van der Waals surface area contributed by atoms with Crippen LogP contribution in [0.5, 0.6) is 0 Å². The van der Waals surface area contributed by atoms with Gasteiger partial charge in [-0.15, -0.1) is 10.2 Å². The molecule has 2 aliphatic rings. The summed E-state index contributed by atoms with van der Waals surface area (Å²) in [5.74, 6) is 3.01. The SMILES string of the molecule is CN=C(NCc1nnc2n1CCC2)N1CCN(c2ccccc2Cl)CC1. The summed E-state index contributed by atoms with van der Waals surface area (Å²) in [6.07, 6.45) is 2.20. The molecule has 2 aliphatic heterocycles. The van der Waals surface area contributed by atoms with Crippen LogP contribution in [0.25, 0.3) is 0 Å². The zero-order valence-corrected chi connectivity index (χ0v) is 15.8. The summed E-state index contributed by atoms with van der Waals surface area (Å²) in [6.45, 7) is 5.33. The van der Waals surface area contributed by atoms with Crippen molar-refractivity contribution < 1.29 is 0 Å². The predicted octanol–water partition coefficient (Wildman–Crippen LogP) is 1.78. The Hall–Kier alpha value is -2.28. The quantitative estimate of drug-likeness (QED) is 0.656. The molecule has 1 aromatic carbocycles. The lowest BCUT2D eigenvalue weighted by molar-refractivity contribution is 0.371. The number of nitrogens with zero attached hydrogens (tertiary/aromatic N) is 6. The Balaban J connectivity index is 1.34. The first-order valence-corrected chi connectivity index (χ1v) is 9.50. The summed E-state index contributed by atoms with van der Waals surface area (Å²) in [4.78, 5) is 9.07. The van der Waals surface area contributed by atoms with Gasteiger partial charge in [-0.3, -0.25) is 4.99 Å². The smallest absolute Gasteiger partial charge is 0.194 e. The molecule has 0 unspecified atom stereocenters. The molecule has 0 spiro atoms. The van der Waals surface area contributed by atoms with E-state index in [-0.39, 0.29) is 0 Å². The van der Waals surface area contributed by atoms with Crippen molar-refractivity contribution in [3.8, 4) is 0 Å². The van der Waals surface area contributed by atoms with Crippen LogP contribution in [-0.4, -0.2) is 58.9 Å². The molecule has 0 radical (unpaired) electrons. The van der Waals surface area contributed by atoms with Gasteiger partial charge in [-0.25, -0.2) is 0 Å². The van der Waals surface area contributed by atoms with Gasteiger partial charge < -0.3 is 19.7 Å². The number of aliphatic imine (C=N–C) groups is 1. The summed E-state index contributed by atoms with van der Waals surface area (Å²) in [5.41, 5.74) is 1.11. The Kier molecular flexibility index (Phi) is 4.97. The second kappa shape index (κ2) is 7.53.